The van der Waals surface area contributed by atoms with E-state index in [-0.39, 0.29) is 5.56 Å². The van der Waals surface area contributed by atoms with Gasteiger partial charge in [0.05, 0.1) is 0 Å². The number of nitrogens with one attached hydrogen (secondary N) is 1. The van der Waals surface area contributed by atoms with Crippen molar-refractivity contribution in [1.29, 1.82) is 0 Å². The summed E-state index contributed by atoms with van der Waals surface area (Å²) in [5, 5.41) is -0.738. The summed E-state index contributed by atoms with van der Waals surface area (Å²) in [5.41, 5.74) is -0.306. The maximum Gasteiger partial charge on any atom is 0.328 e. The average Bonchev–Trinajstić information content (AvgIpc) is 1.92. The lowest BCUT2D eigenvalue weighted by Crippen LogP contribution is -2.16. The summed E-state index contributed by atoms with van der Waals surface area (Å²) in [6.07, 6.45) is 1.07. The maximum atomic E-state index is 10.8. The highest BCUT2D eigenvalue weighted by Crippen LogP contribution is 1.95. The summed E-state index contributed by atoms with van der Waals surface area (Å²) < 4.78 is 29.3. The van der Waals surface area contributed by atoms with Crippen molar-refractivity contribution in [2.45, 2.75) is 12.1 Å². The Morgan fingerprint density at radius 1 is 1.58 bits per heavy atom. The van der Waals surface area contributed by atoms with Gasteiger partial charge >= 0.3 is 10.1 Å². The van der Waals surface area contributed by atoms with Crippen molar-refractivity contribution in [2.24, 2.45) is 0 Å². The molecule has 0 aliphatic rings. The Morgan fingerprint density at radius 3 is 2.58 bits per heavy atom. The minimum Gasteiger partial charge on any atom is -0.295 e. The molecule has 0 radical (unpaired) electrons. The third-order valence-corrected chi connectivity index (χ3v) is 1.89. The lowest BCUT2D eigenvalue weighted by Gasteiger charge is -1.94. The molecule has 0 saturated heterocycles. The molecule has 1 aromatic rings. The van der Waals surface area contributed by atoms with Crippen LogP contribution in [0.2, 0.25) is 0 Å². The summed E-state index contributed by atoms with van der Waals surface area (Å²) >= 11 is 0. The van der Waals surface area contributed by atoms with Gasteiger partial charge < -0.3 is 0 Å². The van der Waals surface area contributed by atoms with Gasteiger partial charge in [-0.3, -0.25) is 14.3 Å². The lowest BCUT2D eigenvalue weighted by atomic mass is 10.4. The van der Waals surface area contributed by atoms with Crippen LogP contribution in [0.5, 0.6) is 0 Å². The number of aryl methyl sites for hydroxylation is 1. The lowest BCUT2D eigenvalue weighted by molar-refractivity contribution is 0.473. The van der Waals surface area contributed by atoms with Crippen LogP contribution in [0.4, 0.5) is 0 Å². The fourth-order valence-corrected chi connectivity index (χ4v) is 0.981. The Balaban J connectivity index is 3.43. The summed E-state index contributed by atoms with van der Waals surface area (Å²) in [6, 6.07) is 0. The molecule has 12 heavy (non-hydrogen) atoms. The van der Waals surface area contributed by atoms with Gasteiger partial charge in [-0.25, -0.2) is 4.98 Å². The number of rotatable bonds is 1. The van der Waals surface area contributed by atoms with E-state index in [1.807, 2.05) is 4.98 Å². The third-order valence-electron chi connectivity index (χ3n) is 1.20. The molecule has 66 valence electrons. The van der Waals surface area contributed by atoms with Crippen molar-refractivity contribution >= 4 is 10.1 Å². The van der Waals surface area contributed by atoms with E-state index in [0.29, 0.717) is 0 Å². The van der Waals surface area contributed by atoms with E-state index in [1.165, 1.54) is 6.92 Å². The zero-order chi connectivity index (χ0) is 9.35. The van der Waals surface area contributed by atoms with Gasteiger partial charge in [-0.15, -0.1) is 0 Å². The van der Waals surface area contributed by atoms with Gasteiger partial charge in [-0.2, -0.15) is 8.42 Å². The van der Waals surface area contributed by atoms with Crippen molar-refractivity contribution in [3.63, 3.8) is 0 Å². The second-order valence-corrected chi connectivity index (χ2v) is 3.51. The highest BCUT2D eigenvalue weighted by Gasteiger charge is 2.12. The second-order valence-electron chi connectivity index (χ2n) is 2.18. The molecule has 0 unspecified atom stereocenters. The quantitative estimate of drug-likeness (QED) is 0.451. The molecule has 0 atom stereocenters. The third kappa shape index (κ3) is 1.69. The molecule has 0 aliphatic carbocycles. The first-order chi connectivity index (χ1) is 5.41. The molecule has 7 heteroatoms. The predicted octanol–water partition coefficient (Wildman–Crippen LogP) is -0.675. The number of aromatic amines is 1. The van der Waals surface area contributed by atoms with Gasteiger partial charge in [-0.05, 0) is 6.92 Å². The number of nitrogens with zero attached hydrogens (tertiary/aromatic N) is 1. The predicted molar refractivity (Wildman–Crippen MR) is 39.4 cm³/mol. The van der Waals surface area contributed by atoms with Crippen molar-refractivity contribution < 1.29 is 13.0 Å². The van der Waals surface area contributed by atoms with Crippen molar-refractivity contribution in [3.05, 3.63) is 22.1 Å². The maximum absolute atomic E-state index is 10.8. The van der Waals surface area contributed by atoms with Crippen LogP contribution in [0.25, 0.3) is 0 Å². The fourth-order valence-electron chi connectivity index (χ4n) is 0.573. The van der Waals surface area contributed by atoms with E-state index in [0.717, 1.165) is 6.20 Å². The van der Waals surface area contributed by atoms with Crippen LogP contribution in [0, 0.1) is 6.92 Å². The van der Waals surface area contributed by atoms with Crippen LogP contribution < -0.4 is 5.56 Å². The number of hydrogen-bond acceptors (Lipinski definition) is 4. The highest BCUT2D eigenvalue weighted by molar-refractivity contribution is 7.85. The first kappa shape index (κ1) is 8.88. The molecule has 0 aliphatic heterocycles. The van der Waals surface area contributed by atoms with E-state index in [4.69, 9.17) is 4.55 Å². The Labute approximate surface area is 68.0 Å². The smallest absolute Gasteiger partial charge is 0.295 e. The van der Waals surface area contributed by atoms with Crippen molar-refractivity contribution in [2.75, 3.05) is 0 Å². The van der Waals surface area contributed by atoms with Gasteiger partial charge in [-0.1, -0.05) is 0 Å². The SMILES string of the molecule is Cc1cnc(S(=O)(=O)O)[nH]c1=O. The standard InChI is InChI=1S/C5H6N2O4S/c1-3-2-6-5(7-4(3)8)12(9,10)11/h2H,1H3,(H,6,7,8)(H,9,10,11). The molecule has 1 rings (SSSR count). The Bertz CT molecular complexity index is 447. The van der Waals surface area contributed by atoms with E-state index in [9.17, 15) is 13.2 Å². The second kappa shape index (κ2) is 2.68. The number of aromatic nitrogens is 2. The van der Waals surface area contributed by atoms with Crippen molar-refractivity contribution in [3.8, 4) is 0 Å². The van der Waals surface area contributed by atoms with Crippen LogP contribution in [0.3, 0.4) is 0 Å². The molecule has 0 bridgehead atoms. The summed E-state index contributed by atoms with van der Waals surface area (Å²) in [6.45, 7) is 1.47. The Kier molecular flexibility index (Phi) is 1.99. The van der Waals surface area contributed by atoms with Gasteiger partial charge in [0.2, 0.25) is 0 Å². The fraction of sp³-hybridized carbons (Fsp3) is 0.200. The van der Waals surface area contributed by atoms with E-state index in [2.05, 4.69) is 4.98 Å². The first-order valence-corrected chi connectivity index (χ1v) is 4.38. The topological polar surface area (TPSA) is 100 Å². The van der Waals surface area contributed by atoms with Crippen LogP contribution in [0.1, 0.15) is 5.56 Å². The molecule has 0 spiro atoms. The molecule has 1 heterocycles. The Morgan fingerprint density at radius 2 is 2.17 bits per heavy atom. The molecule has 0 amide bonds. The highest BCUT2D eigenvalue weighted by atomic mass is 32.2. The van der Waals surface area contributed by atoms with Crippen molar-refractivity contribution in [1.82, 2.24) is 9.97 Å². The van der Waals surface area contributed by atoms with E-state index < -0.39 is 20.8 Å². The van der Waals surface area contributed by atoms with Crippen LogP contribution >= 0.6 is 0 Å². The summed E-state index contributed by atoms with van der Waals surface area (Å²) in [7, 11) is -4.41. The molecule has 6 nitrogen and oxygen atoms in total. The van der Waals surface area contributed by atoms with Crippen LogP contribution in [-0.4, -0.2) is 22.9 Å². The first-order valence-electron chi connectivity index (χ1n) is 2.94. The largest absolute Gasteiger partial charge is 0.328 e. The van der Waals surface area contributed by atoms with E-state index in [1.54, 1.807) is 0 Å². The number of hydrogen-bond donors (Lipinski definition) is 2. The molecular formula is C5H6N2O4S. The molecule has 0 fully saturated rings. The van der Waals surface area contributed by atoms with E-state index >= 15 is 0 Å². The molecule has 2 N–H and O–H groups in total. The van der Waals surface area contributed by atoms with Crippen LogP contribution in [0.15, 0.2) is 16.1 Å². The Hall–Kier alpha value is -1.21. The molecule has 1 aromatic heterocycles. The average molecular weight is 190 g/mol. The minimum atomic E-state index is -4.41. The summed E-state index contributed by atoms with van der Waals surface area (Å²) in [4.78, 5) is 16.0. The zero-order valence-electron chi connectivity index (χ0n) is 6.10. The van der Waals surface area contributed by atoms with Gasteiger partial charge in [0.1, 0.15) is 0 Å². The normalized spacial score (nSPS) is 11.5. The van der Waals surface area contributed by atoms with Gasteiger partial charge in [0.25, 0.3) is 10.7 Å². The molecule has 0 aromatic carbocycles. The van der Waals surface area contributed by atoms with Crippen LogP contribution in [-0.2, 0) is 10.1 Å². The van der Waals surface area contributed by atoms with Gasteiger partial charge in [0, 0.05) is 11.8 Å². The number of H-pyrrole nitrogens is 1. The van der Waals surface area contributed by atoms with Gasteiger partial charge in [0.15, 0.2) is 0 Å². The summed E-state index contributed by atoms with van der Waals surface area (Å²) in [5.74, 6) is 0. The zero-order valence-corrected chi connectivity index (χ0v) is 6.92. The molecule has 0 saturated carbocycles. The molecular weight excluding hydrogens is 184 g/mol. The monoisotopic (exact) mass is 190 g/mol. The minimum absolute atomic E-state index is 0.280.